The predicted molar refractivity (Wildman–Crippen MR) is 116 cm³/mol. The molecule has 8 nitrogen and oxygen atoms in total. The Balaban J connectivity index is 1.62. The lowest BCUT2D eigenvalue weighted by atomic mass is 10.1. The lowest BCUT2D eigenvalue weighted by Gasteiger charge is -2.29. The van der Waals surface area contributed by atoms with E-state index in [0.717, 1.165) is 5.56 Å². The molecular formula is C20H21ClN4O4S. The van der Waals surface area contributed by atoms with Gasteiger partial charge in [-0.3, -0.25) is 4.79 Å². The van der Waals surface area contributed by atoms with Crippen LogP contribution in [0.3, 0.4) is 0 Å². The second kappa shape index (κ2) is 11.1. The number of ether oxygens (including phenoxy) is 2. The Morgan fingerprint density at radius 2 is 2.23 bits per heavy atom. The van der Waals surface area contributed by atoms with Crippen LogP contribution in [0.4, 0.5) is 5.69 Å². The lowest BCUT2D eigenvalue weighted by molar-refractivity contribution is -0.115. The fraction of sp³-hybridized carbons (Fsp3) is 0.350. The van der Waals surface area contributed by atoms with Gasteiger partial charge in [0.2, 0.25) is 5.91 Å². The van der Waals surface area contributed by atoms with Gasteiger partial charge in [-0.05, 0) is 35.4 Å². The number of hydrogen-bond acceptors (Lipinski definition) is 6. The third kappa shape index (κ3) is 6.29. The molecule has 3 rings (SSSR count). The molecule has 0 radical (unpaired) electrons. The Morgan fingerprint density at radius 3 is 3.00 bits per heavy atom. The van der Waals surface area contributed by atoms with Crippen molar-refractivity contribution >= 4 is 35.2 Å². The Labute approximate surface area is 183 Å². The van der Waals surface area contributed by atoms with E-state index in [1.807, 2.05) is 12.1 Å². The summed E-state index contributed by atoms with van der Waals surface area (Å²) in [6, 6.07) is 12.3. The van der Waals surface area contributed by atoms with Gasteiger partial charge in [0.1, 0.15) is 11.9 Å². The van der Waals surface area contributed by atoms with Crippen LogP contribution >= 0.6 is 23.6 Å². The van der Waals surface area contributed by atoms with Crippen molar-refractivity contribution in [2.75, 3.05) is 18.5 Å². The van der Waals surface area contributed by atoms with Gasteiger partial charge < -0.3 is 19.3 Å². The van der Waals surface area contributed by atoms with Gasteiger partial charge in [0.05, 0.1) is 30.6 Å². The SMILES string of the molecule is [N-]=[N+]=NCC1CC(Oc2ccc(NC(=O)Cc3ccccc3Cl)cc2SO)CCO1. The van der Waals surface area contributed by atoms with Gasteiger partial charge in [-0.15, -0.1) is 0 Å². The Kier molecular flexibility index (Phi) is 8.24. The maximum atomic E-state index is 12.3. The third-order valence-corrected chi connectivity index (χ3v) is 5.48. The zero-order valence-corrected chi connectivity index (χ0v) is 17.6. The summed E-state index contributed by atoms with van der Waals surface area (Å²) in [6.45, 7) is 0.766. The molecule has 1 aliphatic rings. The minimum Gasteiger partial charge on any atom is -0.489 e. The zero-order valence-electron chi connectivity index (χ0n) is 16.0. The average Bonchev–Trinajstić information content (AvgIpc) is 2.75. The zero-order chi connectivity index (χ0) is 21.3. The second-order valence-corrected chi connectivity index (χ2v) is 7.77. The number of amides is 1. The molecule has 0 aliphatic carbocycles. The van der Waals surface area contributed by atoms with E-state index in [-0.39, 0.29) is 31.1 Å². The highest BCUT2D eigenvalue weighted by Crippen LogP contribution is 2.33. The number of benzene rings is 2. The molecule has 1 fully saturated rings. The van der Waals surface area contributed by atoms with Crippen LogP contribution in [-0.2, 0) is 16.0 Å². The van der Waals surface area contributed by atoms with Crippen molar-refractivity contribution in [2.45, 2.75) is 36.4 Å². The number of carbonyl (C=O) groups excluding carboxylic acids is 1. The first-order valence-electron chi connectivity index (χ1n) is 9.37. The van der Waals surface area contributed by atoms with Crippen molar-refractivity contribution in [3.05, 3.63) is 63.5 Å². The summed E-state index contributed by atoms with van der Waals surface area (Å²) in [5.41, 5.74) is 9.74. The normalized spacial score (nSPS) is 18.3. The number of rotatable bonds is 8. The van der Waals surface area contributed by atoms with E-state index in [2.05, 4.69) is 15.3 Å². The fourth-order valence-electron chi connectivity index (χ4n) is 3.16. The molecule has 2 aromatic carbocycles. The standard InChI is InChI=1S/C20H21ClN4O4S/c21-17-4-2-1-3-13(17)9-20(26)24-14-5-6-18(19(10-14)30-27)29-15-7-8-28-16(11-15)12-23-25-22/h1-6,10,15-16,27H,7-9,11-12H2,(H,24,26). The highest BCUT2D eigenvalue weighted by atomic mass is 35.5. The molecule has 0 aromatic heterocycles. The maximum absolute atomic E-state index is 12.3. The molecule has 1 amide bonds. The number of carbonyl (C=O) groups is 1. The van der Waals surface area contributed by atoms with Crippen LogP contribution in [0.2, 0.25) is 5.02 Å². The van der Waals surface area contributed by atoms with Crippen molar-refractivity contribution < 1.29 is 18.8 Å². The van der Waals surface area contributed by atoms with E-state index >= 15 is 0 Å². The van der Waals surface area contributed by atoms with E-state index in [1.54, 1.807) is 30.3 Å². The van der Waals surface area contributed by atoms with Crippen LogP contribution in [-0.4, -0.2) is 35.8 Å². The molecule has 2 aromatic rings. The van der Waals surface area contributed by atoms with Crippen molar-refractivity contribution in [3.8, 4) is 5.75 Å². The average molecular weight is 449 g/mol. The van der Waals surface area contributed by atoms with Crippen LogP contribution in [0.1, 0.15) is 18.4 Å². The molecule has 158 valence electrons. The first kappa shape index (κ1) is 22.3. The Morgan fingerprint density at radius 1 is 1.40 bits per heavy atom. The first-order chi connectivity index (χ1) is 14.6. The molecule has 30 heavy (non-hydrogen) atoms. The maximum Gasteiger partial charge on any atom is 0.228 e. The van der Waals surface area contributed by atoms with E-state index in [9.17, 15) is 9.35 Å². The number of hydrogen-bond donors (Lipinski definition) is 2. The van der Waals surface area contributed by atoms with E-state index < -0.39 is 0 Å². The highest BCUT2D eigenvalue weighted by molar-refractivity contribution is 7.93. The van der Waals surface area contributed by atoms with Gasteiger partial charge in [0.25, 0.3) is 0 Å². The van der Waals surface area contributed by atoms with Gasteiger partial charge in [-0.1, -0.05) is 34.9 Å². The summed E-state index contributed by atoms with van der Waals surface area (Å²) in [5, 5.41) is 6.90. The molecular weight excluding hydrogens is 428 g/mol. The third-order valence-electron chi connectivity index (χ3n) is 4.60. The number of nitrogens with zero attached hydrogens (tertiary/aromatic N) is 3. The largest absolute Gasteiger partial charge is 0.489 e. The van der Waals surface area contributed by atoms with E-state index in [1.165, 1.54) is 0 Å². The van der Waals surface area contributed by atoms with E-state index in [4.69, 9.17) is 26.6 Å². The number of anilines is 1. The van der Waals surface area contributed by atoms with Crippen LogP contribution in [0.25, 0.3) is 10.4 Å². The molecule has 1 saturated heterocycles. The topological polar surface area (TPSA) is 117 Å². The fourth-order valence-corrected chi connectivity index (χ4v) is 3.75. The first-order valence-corrected chi connectivity index (χ1v) is 10.5. The number of azide groups is 1. The van der Waals surface area contributed by atoms with Gasteiger partial charge in [-0.2, -0.15) is 0 Å². The smallest absolute Gasteiger partial charge is 0.228 e. The summed E-state index contributed by atoms with van der Waals surface area (Å²) in [6.07, 6.45) is 1.12. The van der Waals surface area contributed by atoms with Crippen molar-refractivity contribution in [2.24, 2.45) is 5.11 Å². The van der Waals surface area contributed by atoms with Crippen molar-refractivity contribution in [1.29, 1.82) is 0 Å². The summed E-state index contributed by atoms with van der Waals surface area (Å²) in [4.78, 5) is 15.6. The van der Waals surface area contributed by atoms with Crippen LogP contribution in [0.15, 0.2) is 52.5 Å². The predicted octanol–water partition coefficient (Wildman–Crippen LogP) is 5.32. The van der Waals surface area contributed by atoms with E-state index in [0.29, 0.717) is 52.8 Å². The van der Waals surface area contributed by atoms with Gasteiger partial charge >= 0.3 is 0 Å². The van der Waals surface area contributed by atoms with Gasteiger partial charge in [0, 0.05) is 40.5 Å². The van der Waals surface area contributed by atoms with Crippen LogP contribution < -0.4 is 10.1 Å². The molecule has 10 heteroatoms. The summed E-state index contributed by atoms with van der Waals surface area (Å²) in [7, 11) is 0. The molecule has 0 saturated carbocycles. The summed E-state index contributed by atoms with van der Waals surface area (Å²) < 4.78 is 21.3. The van der Waals surface area contributed by atoms with Crippen LogP contribution in [0.5, 0.6) is 5.75 Å². The summed E-state index contributed by atoms with van der Waals surface area (Å²) in [5.74, 6) is 0.303. The Hall–Kier alpha value is -2.42. The Bertz CT molecular complexity index is 939. The minimum atomic E-state index is -0.212. The molecule has 0 bridgehead atoms. The molecule has 2 N–H and O–H groups in total. The molecule has 0 spiro atoms. The van der Waals surface area contributed by atoms with Crippen molar-refractivity contribution in [3.63, 3.8) is 0 Å². The molecule has 2 unspecified atom stereocenters. The summed E-state index contributed by atoms with van der Waals surface area (Å²) >= 11 is 6.66. The minimum absolute atomic E-state index is 0.121. The van der Waals surface area contributed by atoms with Gasteiger partial charge in [-0.25, -0.2) is 0 Å². The van der Waals surface area contributed by atoms with Crippen LogP contribution in [0, 0.1) is 0 Å². The quantitative estimate of drug-likeness (QED) is 0.245. The highest BCUT2D eigenvalue weighted by Gasteiger charge is 2.24. The second-order valence-electron chi connectivity index (χ2n) is 6.74. The molecule has 1 heterocycles. The monoisotopic (exact) mass is 448 g/mol. The lowest BCUT2D eigenvalue weighted by Crippen LogP contribution is -2.34. The number of halogens is 1. The van der Waals surface area contributed by atoms with Crippen molar-refractivity contribution in [1.82, 2.24) is 0 Å². The molecule has 1 aliphatic heterocycles. The van der Waals surface area contributed by atoms with Gasteiger partial charge in [0.15, 0.2) is 0 Å². The molecule has 2 atom stereocenters. The number of nitrogens with one attached hydrogen (secondary N) is 1.